The van der Waals surface area contributed by atoms with E-state index in [1.165, 1.54) is 31.3 Å². The van der Waals surface area contributed by atoms with Crippen LogP contribution in [0.15, 0.2) is 61.3 Å². The first-order chi connectivity index (χ1) is 17.7. The van der Waals surface area contributed by atoms with Gasteiger partial charge in [-0.15, -0.1) is 0 Å². The molecule has 0 saturated heterocycles. The highest BCUT2D eigenvalue weighted by Gasteiger charge is 2.21. The average Bonchev–Trinajstić information content (AvgIpc) is 2.89. The molecule has 0 radical (unpaired) electrons. The van der Waals surface area contributed by atoms with E-state index >= 15 is 0 Å². The number of aromatic nitrogens is 2. The van der Waals surface area contributed by atoms with Gasteiger partial charge in [0, 0.05) is 38.7 Å². The number of anilines is 1. The van der Waals surface area contributed by atoms with E-state index in [4.69, 9.17) is 16.3 Å². The van der Waals surface area contributed by atoms with Crippen LogP contribution >= 0.6 is 11.6 Å². The number of nitrogens with one attached hydrogen (secondary N) is 1. The molecule has 0 aliphatic rings. The predicted molar refractivity (Wildman–Crippen MR) is 143 cm³/mol. The molecule has 9 heteroatoms. The van der Waals surface area contributed by atoms with Gasteiger partial charge in [-0.3, -0.25) is 14.4 Å². The summed E-state index contributed by atoms with van der Waals surface area (Å²) in [5.74, 6) is -0.467. The molecule has 2 amide bonds. The van der Waals surface area contributed by atoms with Gasteiger partial charge >= 0.3 is 0 Å². The molecular weight excluding hydrogens is 492 g/mol. The Kier molecular flexibility index (Phi) is 9.51. The molecule has 0 spiro atoms. The third kappa shape index (κ3) is 7.24. The lowest BCUT2D eigenvalue weighted by molar-refractivity contribution is -0.124. The molecule has 1 heterocycles. The van der Waals surface area contributed by atoms with Crippen LogP contribution in [0.4, 0.5) is 5.69 Å². The number of ether oxygens (including phenoxy) is 1. The van der Waals surface area contributed by atoms with Crippen LogP contribution in [0.5, 0.6) is 5.75 Å². The first-order valence-corrected chi connectivity index (χ1v) is 12.1. The van der Waals surface area contributed by atoms with Crippen molar-refractivity contribution in [2.45, 2.75) is 26.2 Å². The summed E-state index contributed by atoms with van der Waals surface area (Å²) in [4.78, 5) is 47.1. The van der Waals surface area contributed by atoms with Crippen molar-refractivity contribution in [1.29, 1.82) is 0 Å². The number of nitrogens with zero attached hydrogens (tertiary/aromatic N) is 3. The maximum Gasteiger partial charge on any atom is 0.294 e. The topological polar surface area (TPSA) is 101 Å². The van der Waals surface area contributed by atoms with Crippen LogP contribution in [0.1, 0.15) is 46.3 Å². The maximum atomic E-state index is 12.7. The molecule has 0 atom stereocenters. The fraction of sp³-hybridized carbons (Fsp3) is 0.250. The molecule has 0 unspecified atom stereocenters. The Balaban J connectivity index is 1.88. The van der Waals surface area contributed by atoms with Crippen molar-refractivity contribution in [3.8, 4) is 5.75 Å². The predicted octanol–water partition coefficient (Wildman–Crippen LogP) is 4.50. The Hall–Kier alpha value is -4.04. The van der Waals surface area contributed by atoms with Crippen LogP contribution in [0.3, 0.4) is 0 Å². The van der Waals surface area contributed by atoms with Gasteiger partial charge in [0.05, 0.1) is 23.0 Å². The summed E-state index contributed by atoms with van der Waals surface area (Å²) in [5, 5.41) is 3.13. The molecule has 1 N–H and O–H groups in total. The lowest BCUT2D eigenvalue weighted by atomic mass is 9.99. The maximum absolute atomic E-state index is 12.7. The summed E-state index contributed by atoms with van der Waals surface area (Å²) in [7, 11) is 3.07. The normalized spacial score (nSPS) is 10.5. The lowest BCUT2D eigenvalue weighted by Crippen LogP contribution is -2.30. The van der Waals surface area contributed by atoms with Gasteiger partial charge in [-0.2, -0.15) is 0 Å². The summed E-state index contributed by atoms with van der Waals surface area (Å²) >= 11 is 6.40. The highest BCUT2D eigenvalue weighted by atomic mass is 35.5. The molecular formula is C28H29ClN4O4. The second-order valence-electron chi connectivity index (χ2n) is 8.49. The van der Waals surface area contributed by atoms with Crippen molar-refractivity contribution in [3.05, 3.63) is 94.5 Å². The van der Waals surface area contributed by atoms with Crippen LogP contribution in [-0.2, 0) is 22.4 Å². The van der Waals surface area contributed by atoms with E-state index in [2.05, 4.69) is 21.9 Å². The second kappa shape index (κ2) is 12.8. The molecule has 0 saturated carbocycles. The molecule has 3 aromatic rings. The Bertz CT molecular complexity index is 1320. The molecule has 3 rings (SSSR count). The zero-order valence-corrected chi connectivity index (χ0v) is 21.8. The van der Waals surface area contributed by atoms with E-state index < -0.39 is 11.7 Å². The van der Waals surface area contributed by atoms with Crippen molar-refractivity contribution >= 4 is 34.9 Å². The number of halogens is 1. The molecule has 2 aromatic carbocycles. The van der Waals surface area contributed by atoms with Crippen LogP contribution in [-0.4, -0.2) is 53.2 Å². The van der Waals surface area contributed by atoms with Crippen molar-refractivity contribution in [2.24, 2.45) is 0 Å². The first-order valence-electron chi connectivity index (χ1n) is 11.8. The molecule has 0 fully saturated rings. The molecule has 1 aromatic heterocycles. The van der Waals surface area contributed by atoms with E-state index in [0.717, 1.165) is 12.0 Å². The minimum absolute atomic E-state index is 0.251. The number of rotatable bonds is 11. The van der Waals surface area contributed by atoms with Crippen LogP contribution in [0.25, 0.3) is 0 Å². The zero-order valence-electron chi connectivity index (χ0n) is 21.1. The van der Waals surface area contributed by atoms with E-state index in [1.807, 2.05) is 19.1 Å². The van der Waals surface area contributed by atoms with Gasteiger partial charge in [-0.05, 0) is 35.8 Å². The van der Waals surface area contributed by atoms with Gasteiger partial charge in [0.1, 0.15) is 11.6 Å². The van der Waals surface area contributed by atoms with Crippen molar-refractivity contribution < 1.29 is 19.1 Å². The number of benzene rings is 2. The standard InChI is InChI=1S/C28H29ClN4O4/c1-5-13-37-24-12-11-18(14-23(24)32-26(34)6-2)15-25-30-17-21(29)22(31-25)16-19-9-7-8-10-20(19)27(35)28(36)33(3)4/h6-12,14,17H,2,5,13,15-16H2,1,3-4H3,(H,32,34). The van der Waals surface area contributed by atoms with Gasteiger partial charge in [0.2, 0.25) is 5.91 Å². The number of likely N-dealkylation sites (N-methyl/N-ethyl adjacent to an activating group) is 1. The Morgan fingerprint density at radius 3 is 2.59 bits per heavy atom. The first kappa shape index (κ1) is 27.5. The van der Waals surface area contributed by atoms with E-state index in [0.29, 0.717) is 52.1 Å². The van der Waals surface area contributed by atoms with Gasteiger partial charge in [-0.25, -0.2) is 9.97 Å². The third-order valence-electron chi connectivity index (χ3n) is 5.40. The highest BCUT2D eigenvalue weighted by molar-refractivity contribution is 6.43. The fourth-order valence-electron chi connectivity index (χ4n) is 3.54. The lowest BCUT2D eigenvalue weighted by Gasteiger charge is -2.14. The number of Topliss-reactive ketones (excluding diaryl/α,β-unsaturated/α-hetero) is 1. The second-order valence-corrected chi connectivity index (χ2v) is 8.90. The van der Waals surface area contributed by atoms with Crippen molar-refractivity contribution in [3.63, 3.8) is 0 Å². The molecule has 37 heavy (non-hydrogen) atoms. The van der Waals surface area contributed by atoms with Crippen LogP contribution in [0.2, 0.25) is 5.02 Å². The van der Waals surface area contributed by atoms with Gasteiger partial charge in [-0.1, -0.05) is 55.4 Å². The number of ketones is 1. The van der Waals surface area contributed by atoms with Gasteiger partial charge in [0.25, 0.3) is 11.7 Å². The summed E-state index contributed by atoms with van der Waals surface area (Å²) in [6, 6.07) is 12.4. The zero-order chi connectivity index (χ0) is 26.9. The number of carbonyl (C=O) groups excluding carboxylic acids is 3. The monoisotopic (exact) mass is 520 g/mol. The summed E-state index contributed by atoms with van der Waals surface area (Å²) in [6.07, 6.45) is 4.17. The fourth-order valence-corrected chi connectivity index (χ4v) is 3.69. The molecule has 192 valence electrons. The van der Waals surface area contributed by atoms with Crippen LogP contribution < -0.4 is 10.1 Å². The smallest absolute Gasteiger partial charge is 0.294 e. The number of carbonyl (C=O) groups is 3. The minimum atomic E-state index is -0.604. The highest BCUT2D eigenvalue weighted by Crippen LogP contribution is 2.27. The largest absolute Gasteiger partial charge is 0.491 e. The van der Waals surface area contributed by atoms with E-state index in [-0.39, 0.29) is 12.3 Å². The Morgan fingerprint density at radius 1 is 1.14 bits per heavy atom. The summed E-state index contributed by atoms with van der Waals surface area (Å²) in [5.41, 5.74) is 2.86. The van der Waals surface area contributed by atoms with Gasteiger partial charge in [0.15, 0.2) is 0 Å². The summed E-state index contributed by atoms with van der Waals surface area (Å²) < 4.78 is 5.75. The number of hydrogen-bond donors (Lipinski definition) is 1. The minimum Gasteiger partial charge on any atom is -0.491 e. The number of amides is 2. The summed E-state index contributed by atoms with van der Waals surface area (Å²) in [6.45, 7) is 6.02. The number of hydrogen-bond acceptors (Lipinski definition) is 6. The van der Waals surface area contributed by atoms with E-state index in [9.17, 15) is 14.4 Å². The third-order valence-corrected chi connectivity index (χ3v) is 5.71. The van der Waals surface area contributed by atoms with Crippen molar-refractivity contribution in [1.82, 2.24) is 14.9 Å². The molecule has 0 aliphatic carbocycles. The van der Waals surface area contributed by atoms with Gasteiger partial charge < -0.3 is 15.0 Å². The Morgan fingerprint density at radius 2 is 1.89 bits per heavy atom. The quantitative estimate of drug-likeness (QED) is 0.227. The molecule has 8 nitrogen and oxygen atoms in total. The molecule has 0 aliphatic heterocycles. The van der Waals surface area contributed by atoms with Crippen LogP contribution in [0, 0.1) is 0 Å². The van der Waals surface area contributed by atoms with E-state index in [1.54, 1.807) is 30.3 Å². The molecule has 0 bridgehead atoms. The van der Waals surface area contributed by atoms with Crippen molar-refractivity contribution in [2.75, 3.05) is 26.0 Å². The SMILES string of the molecule is C=CC(=O)Nc1cc(Cc2ncc(Cl)c(Cc3ccccc3C(=O)C(=O)N(C)C)n2)ccc1OCCC. The Labute approximate surface area is 221 Å². The average molecular weight is 521 g/mol.